The van der Waals surface area contributed by atoms with Crippen molar-refractivity contribution in [2.75, 3.05) is 0 Å². The lowest BCUT2D eigenvalue weighted by Crippen LogP contribution is -2.29. The number of hydrogen-bond acceptors (Lipinski definition) is 6. The van der Waals surface area contributed by atoms with Gasteiger partial charge in [0.2, 0.25) is 0 Å². The summed E-state index contributed by atoms with van der Waals surface area (Å²) in [7, 11) is 0. The molecule has 33 heavy (non-hydrogen) atoms. The van der Waals surface area contributed by atoms with Crippen LogP contribution in [0.5, 0.6) is 0 Å². The molecule has 0 aliphatic carbocycles. The van der Waals surface area contributed by atoms with E-state index in [0.29, 0.717) is 28.0 Å². The molecule has 5 rings (SSSR count). The molecule has 162 valence electrons. The highest BCUT2D eigenvalue weighted by Gasteiger charge is 2.35. The number of benzene rings is 2. The Morgan fingerprint density at radius 3 is 2.33 bits per heavy atom. The maximum atomic E-state index is 12.6. The molecule has 2 amide bonds. The highest BCUT2D eigenvalue weighted by Crippen LogP contribution is 2.24. The first kappa shape index (κ1) is 20.3. The Hall–Kier alpha value is -4.59. The quantitative estimate of drug-likeness (QED) is 0.350. The number of pyridine rings is 1. The first-order valence-corrected chi connectivity index (χ1v) is 10.2. The van der Waals surface area contributed by atoms with Crippen LogP contribution in [0.4, 0.5) is 0 Å². The molecule has 0 atom stereocenters. The summed E-state index contributed by atoms with van der Waals surface area (Å²) in [6.45, 7) is -0.126. The summed E-state index contributed by atoms with van der Waals surface area (Å²) in [6.07, 6.45) is 1.61. The average Bonchev–Trinajstić information content (AvgIpc) is 3.08. The Morgan fingerprint density at radius 1 is 0.848 bits per heavy atom. The number of aromatic nitrogens is 2. The van der Waals surface area contributed by atoms with Crippen molar-refractivity contribution in [2.45, 2.75) is 13.2 Å². The third-order valence-electron chi connectivity index (χ3n) is 5.36. The van der Waals surface area contributed by atoms with Crippen molar-refractivity contribution < 1.29 is 19.1 Å². The van der Waals surface area contributed by atoms with Crippen LogP contribution in [-0.2, 0) is 17.9 Å². The van der Waals surface area contributed by atoms with Gasteiger partial charge in [0.05, 0.1) is 28.9 Å². The maximum Gasteiger partial charge on any atom is 0.338 e. The predicted octanol–water partition coefficient (Wildman–Crippen LogP) is 2.85. The predicted molar refractivity (Wildman–Crippen MR) is 118 cm³/mol. The lowest BCUT2D eigenvalue weighted by molar-refractivity contribution is 0.0467. The normalized spacial score (nSPS) is 12.8. The van der Waals surface area contributed by atoms with E-state index in [4.69, 9.17) is 4.74 Å². The highest BCUT2D eigenvalue weighted by atomic mass is 16.5. The second-order valence-corrected chi connectivity index (χ2v) is 7.53. The molecule has 1 aliphatic heterocycles. The van der Waals surface area contributed by atoms with Gasteiger partial charge in [0.25, 0.3) is 17.4 Å². The van der Waals surface area contributed by atoms with Gasteiger partial charge in [-0.05, 0) is 42.0 Å². The van der Waals surface area contributed by atoms with Crippen molar-refractivity contribution in [1.82, 2.24) is 14.3 Å². The zero-order chi connectivity index (χ0) is 22.9. The first-order chi connectivity index (χ1) is 16.0. The number of nitrogens with zero attached hydrogens (tertiary/aromatic N) is 3. The van der Waals surface area contributed by atoms with Crippen LogP contribution in [0.2, 0.25) is 0 Å². The van der Waals surface area contributed by atoms with Gasteiger partial charge in [-0.3, -0.25) is 23.7 Å². The average molecular weight is 439 g/mol. The molecular weight excluding hydrogens is 422 g/mol. The SMILES string of the molecule is O=C(OCc1cc(=O)n2ccccc2n1)c1cccc(CN2C(=O)c3ccccc3C2=O)c1. The van der Waals surface area contributed by atoms with Gasteiger partial charge in [0.15, 0.2) is 0 Å². The topological polar surface area (TPSA) is 98.1 Å². The van der Waals surface area contributed by atoms with E-state index in [1.54, 1.807) is 72.9 Å². The molecule has 8 heteroatoms. The summed E-state index contributed by atoms with van der Waals surface area (Å²) in [5, 5.41) is 0. The van der Waals surface area contributed by atoms with Gasteiger partial charge in [-0.1, -0.05) is 30.3 Å². The van der Waals surface area contributed by atoms with Crippen molar-refractivity contribution in [3.63, 3.8) is 0 Å². The summed E-state index contributed by atoms with van der Waals surface area (Å²) < 4.78 is 6.74. The summed E-state index contributed by atoms with van der Waals surface area (Å²) >= 11 is 0. The largest absolute Gasteiger partial charge is 0.456 e. The second kappa shape index (κ2) is 8.16. The molecule has 3 heterocycles. The molecule has 0 saturated carbocycles. The van der Waals surface area contributed by atoms with Crippen LogP contribution in [0, 0.1) is 0 Å². The molecule has 2 aromatic heterocycles. The number of rotatable bonds is 5. The third kappa shape index (κ3) is 3.78. The Balaban J connectivity index is 1.30. The molecule has 2 aromatic carbocycles. The van der Waals surface area contributed by atoms with Crippen LogP contribution >= 0.6 is 0 Å². The fourth-order valence-corrected chi connectivity index (χ4v) is 3.76. The molecule has 0 unspecified atom stereocenters. The van der Waals surface area contributed by atoms with Crippen molar-refractivity contribution in [2.24, 2.45) is 0 Å². The Labute approximate surface area is 187 Å². The molecule has 0 fully saturated rings. The van der Waals surface area contributed by atoms with Crippen molar-refractivity contribution in [3.8, 4) is 0 Å². The van der Waals surface area contributed by atoms with Crippen molar-refractivity contribution in [3.05, 3.63) is 117 Å². The number of ether oxygens (including phenoxy) is 1. The fourth-order valence-electron chi connectivity index (χ4n) is 3.76. The number of imide groups is 1. The highest BCUT2D eigenvalue weighted by molar-refractivity contribution is 6.21. The van der Waals surface area contributed by atoms with E-state index in [2.05, 4.69) is 4.98 Å². The minimum atomic E-state index is -0.603. The number of esters is 1. The molecule has 4 aromatic rings. The zero-order valence-corrected chi connectivity index (χ0v) is 17.3. The van der Waals surface area contributed by atoms with E-state index < -0.39 is 5.97 Å². The van der Waals surface area contributed by atoms with Crippen LogP contribution in [-0.4, -0.2) is 32.1 Å². The van der Waals surface area contributed by atoms with Crippen LogP contribution in [0.3, 0.4) is 0 Å². The second-order valence-electron chi connectivity index (χ2n) is 7.53. The molecule has 1 aliphatic rings. The van der Waals surface area contributed by atoms with Gasteiger partial charge in [-0.2, -0.15) is 0 Å². The summed E-state index contributed by atoms with van der Waals surface area (Å²) in [4.78, 5) is 55.4. The molecule has 0 spiro atoms. The Kier molecular flexibility index (Phi) is 5.02. The van der Waals surface area contributed by atoms with E-state index in [1.165, 1.54) is 10.5 Å². The van der Waals surface area contributed by atoms with Crippen LogP contribution in [0.1, 0.15) is 42.3 Å². The number of carbonyl (C=O) groups excluding carboxylic acids is 3. The van der Waals surface area contributed by atoms with Gasteiger partial charge in [0, 0.05) is 12.3 Å². The van der Waals surface area contributed by atoms with Gasteiger partial charge >= 0.3 is 5.97 Å². The zero-order valence-electron chi connectivity index (χ0n) is 17.3. The number of carbonyl (C=O) groups is 3. The first-order valence-electron chi connectivity index (χ1n) is 10.2. The van der Waals surface area contributed by atoms with Crippen LogP contribution in [0.15, 0.2) is 83.8 Å². The molecule has 0 N–H and O–H groups in total. The van der Waals surface area contributed by atoms with E-state index in [9.17, 15) is 19.2 Å². The van der Waals surface area contributed by atoms with Gasteiger partial charge in [0.1, 0.15) is 12.3 Å². The molecular formula is C25H17N3O5. The van der Waals surface area contributed by atoms with E-state index in [-0.39, 0.29) is 36.1 Å². The smallest absolute Gasteiger partial charge is 0.338 e. The lowest BCUT2D eigenvalue weighted by Gasteiger charge is -2.14. The van der Waals surface area contributed by atoms with E-state index in [0.717, 1.165) is 4.90 Å². The molecule has 0 saturated heterocycles. The van der Waals surface area contributed by atoms with Gasteiger partial charge in [-0.15, -0.1) is 0 Å². The minimum absolute atomic E-state index is 0.0382. The molecule has 0 bridgehead atoms. The Morgan fingerprint density at radius 2 is 1.58 bits per heavy atom. The van der Waals surface area contributed by atoms with Crippen LogP contribution in [0.25, 0.3) is 5.65 Å². The third-order valence-corrected chi connectivity index (χ3v) is 5.36. The number of hydrogen-bond donors (Lipinski definition) is 0. The number of amides is 2. The Bertz CT molecular complexity index is 1460. The molecule has 0 radical (unpaired) electrons. The summed E-state index contributed by atoms with van der Waals surface area (Å²) in [5.74, 6) is -1.33. The van der Waals surface area contributed by atoms with Crippen molar-refractivity contribution in [1.29, 1.82) is 0 Å². The standard InChI is InChI=1S/C25H17N3O5/c29-22-13-18(26-21-10-3-4-11-27(21)22)15-33-25(32)17-7-5-6-16(12-17)14-28-23(30)19-8-1-2-9-20(19)24(28)31/h1-13H,14-15H2. The van der Waals surface area contributed by atoms with Gasteiger partial charge in [-0.25, -0.2) is 9.78 Å². The lowest BCUT2D eigenvalue weighted by atomic mass is 10.1. The van der Waals surface area contributed by atoms with Gasteiger partial charge < -0.3 is 4.74 Å². The van der Waals surface area contributed by atoms with E-state index >= 15 is 0 Å². The number of fused-ring (bicyclic) bond motifs is 2. The van der Waals surface area contributed by atoms with Crippen molar-refractivity contribution >= 4 is 23.4 Å². The maximum absolute atomic E-state index is 12.6. The monoisotopic (exact) mass is 439 g/mol. The minimum Gasteiger partial charge on any atom is -0.456 e. The summed E-state index contributed by atoms with van der Waals surface area (Å²) in [5.41, 5.74) is 2.15. The van der Waals surface area contributed by atoms with E-state index in [1.807, 2.05) is 0 Å². The fraction of sp³-hybridized carbons (Fsp3) is 0.0800. The molecule has 8 nitrogen and oxygen atoms in total. The van der Waals surface area contributed by atoms with Crippen LogP contribution < -0.4 is 5.56 Å². The summed E-state index contributed by atoms with van der Waals surface area (Å²) in [6, 6.07) is 19.7.